The Morgan fingerprint density at radius 1 is 1.21 bits per heavy atom. The zero-order chi connectivity index (χ0) is 20.4. The third-order valence-corrected chi connectivity index (χ3v) is 4.86. The number of hydrogen-bond acceptors (Lipinski definition) is 4. The quantitative estimate of drug-likeness (QED) is 0.419. The predicted octanol–water partition coefficient (Wildman–Crippen LogP) is 5.40. The van der Waals surface area contributed by atoms with Gasteiger partial charge in [0.1, 0.15) is 18.1 Å². The molecule has 0 aliphatic heterocycles. The van der Waals surface area contributed by atoms with Crippen molar-refractivity contribution in [3.05, 3.63) is 76.1 Å². The second kappa shape index (κ2) is 8.18. The Bertz CT molecular complexity index is 1170. The molecular weight excluding hydrogens is 463 g/mol. The first kappa shape index (κ1) is 19.4. The maximum Gasteiger partial charge on any atom is 0.274 e. The summed E-state index contributed by atoms with van der Waals surface area (Å²) in [6.45, 7) is -0.0552. The zero-order valence-electron chi connectivity index (χ0n) is 14.8. The van der Waals surface area contributed by atoms with Crippen molar-refractivity contribution in [3.63, 3.8) is 0 Å². The van der Waals surface area contributed by atoms with Gasteiger partial charge in [-0.2, -0.15) is 4.98 Å². The Morgan fingerprint density at radius 2 is 2.00 bits per heavy atom. The normalized spacial score (nSPS) is 10.9. The van der Waals surface area contributed by atoms with E-state index in [1.807, 2.05) is 24.3 Å². The molecule has 4 aromatic rings. The highest BCUT2D eigenvalue weighted by Gasteiger charge is 2.16. The van der Waals surface area contributed by atoms with Crippen molar-refractivity contribution in [1.82, 2.24) is 14.7 Å². The maximum absolute atomic E-state index is 13.9. The minimum atomic E-state index is -0.602. The van der Waals surface area contributed by atoms with Gasteiger partial charge in [-0.25, -0.2) is 4.39 Å². The molecule has 0 saturated carbocycles. The summed E-state index contributed by atoms with van der Waals surface area (Å²) in [5, 5.41) is 6.78. The molecular formula is C20H13BrClFN4O2. The van der Waals surface area contributed by atoms with Crippen molar-refractivity contribution >= 4 is 39.1 Å². The highest BCUT2D eigenvalue weighted by Crippen LogP contribution is 2.24. The number of amides is 1. The van der Waals surface area contributed by atoms with Gasteiger partial charge in [-0.15, -0.1) is 0 Å². The Labute approximate surface area is 178 Å². The first-order valence-corrected chi connectivity index (χ1v) is 9.67. The molecule has 9 heteroatoms. The van der Waals surface area contributed by atoms with Crippen LogP contribution in [0.15, 0.2) is 69.8 Å². The SMILES string of the molecule is O=C(Cn1cccc1-c1nc(-c2ccc(Br)cc2)no1)Nc1ccc(Cl)cc1F. The topological polar surface area (TPSA) is 73.0 Å². The van der Waals surface area contributed by atoms with Crippen LogP contribution in [0, 0.1) is 5.82 Å². The number of hydrogen-bond donors (Lipinski definition) is 1. The third kappa shape index (κ3) is 4.38. The summed E-state index contributed by atoms with van der Waals surface area (Å²) in [5.74, 6) is -0.294. The summed E-state index contributed by atoms with van der Waals surface area (Å²) in [4.78, 5) is 16.8. The van der Waals surface area contributed by atoms with Gasteiger partial charge in [0.2, 0.25) is 11.7 Å². The van der Waals surface area contributed by atoms with E-state index < -0.39 is 11.7 Å². The molecule has 0 unspecified atom stereocenters. The van der Waals surface area contributed by atoms with Crippen LogP contribution < -0.4 is 5.32 Å². The molecule has 0 spiro atoms. The molecule has 4 rings (SSSR count). The highest BCUT2D eigenvalue weighted by atomic mass is 79.9. The number of anilines is 1. The van der Waals surface area contributed by atoms with Crippen LogP contribution in [0.4, 0.5) is 10.1 Å². The van der Waals surface area contributed by atoms with Crippen LogP contribution in [0.1, 0.15) is 0 Å². The Morgan fingerprint density at radius 3 is 2.76 bits per heavy atom. The van der Waals surface area contributed by atoms with Gasteiger partial charge >= 0.3 is 0 Å². The molecule has 0 saturated heterocycles. The summed E-state index contributed by atoms with van der Waals surface area (Å²) in [7, 11) is 0. The van der Waals surface area contributed by atoms with Crippen molar-refractivity contribution in [3.8, 4) is 23.0 Å². The van der Waals surface area contributed by atoms with E-state index in [2.05, 4.69) is 31.4 Å². The van der Waals surface area contributed by atoms with E-state index in [1.54, 1.807) is 22.9 Å². The standard InChI is InChI=1S/C20H13BrClFN4O2/c21-13-5-3-12(4-6-13)19-25-20(29-26-19)17-2-1-9-27(17)11-18(28)24-16-8-7-14(22)10-15(16)23/h1-10H,11H2,(H,24,28). The molecule has 2 aromatic heterocycles. The molecule has 29 heavy (non-hydrogen) atoms. The Balaban J connectivity index is 1.51. The second-order valence-electron chi connectivity index (χ2n) is 6.12. The molecule has 2 heterocycles. The molecule has 0 aliphatic carbocycles. The number of carbonyl (C=O) groups is 1. The van der Waals surface area contributed by atoms with Gasteiger partial charge in [0.05, 0.1) is 5.69 Å². The molecule has 146 valence electrons. The molecule has 2 aromatic carbocycles. The summed E-state index contributed by atoms with van der Waals surface area (Å²) < 4.78 is 21.8. The summed E-state index contributed by atoms with van der Waals surface area (Å²) in [5.41, 5.74) is 1.44. The summed E-state index contributed by atoms with van der Waals surface area (Å²) >= 11 is 9.11. The van der Waals surface area contributed by atoms with Crippen molar-refractivity contribution < 1.29 is 13.7 Å². The van der Waals surface area contributed by atoms with E-state index in [1.165, 1.54) is 12.1 Å². The number of carbonyl (C=O) groups excluding carboxylic acids is 1. The third-order valence-electron chi connectivity index (χ3n) is 4.10. The van der Waals surface area contributed by atoms with Gasteiger partial charge in [-0.05, 0) is 54.6 Å². The van der Waals surface area contributed by atoms with Crippen LogP contribution in [0.5, 0.6) is 0 Å². The van der Waals surface area contributed by atoms with Crippen LogP contribution in [-0.4, -0.2) is 20.6 Å². The summed E-state index contributed by atoms with van der Waals surface area (Å²) in [6.07, 6.45) is 1.70. The first-order chi connectivity index (χ1) is 14.0. The minimum Gasteiger partial charge on any atom is -0.334 e. The van der Waals surface area contributed by atoms with Crippen LogP contribution in [0.3, 0.4) is 0 Å². The van der Waals surface area contributed by atoms with Gasteiger partial charge in [0, 0.05) is 21.3 Å². The van der Waals surface area contributed by atoms with Gasteiger partial charge < -0.3 is 14.4 Å². The average Bonchev–Trinajstić information content (AvgIpc) is 3.34. The van der Waals surface area contributed by atoms with E-state index >= 15 is 0 Å². The van der Waals surface area contributed by atoms with E-state index in [4.69, 9.17) is 16.1 Å². The summed E-state index contributed by atoms with van der Waals surface area (Å²) in [6, 6.07) is 15.1. The predicted molar refractivity (Wildman–Crippen MR) is 111 cm³/mol. The van der Waals surface area contributed by atoms with Crippen molar-refractivity contribution in [2.45, 2.75) is 6.54 Å². The molecule has 0 aliphatic rings. The molecule has 0 radical (unpaired) electrons. The second-order valence-corrected chi connectivity index (χ2v) is 7.48. The van der Waals surface area contributed by atoms with Crippen LogP contribution >= 0.6 is 27.5 Å². The molecule has 0 atom stereocenters. The molecule has 0 bridgehead atoms. The molecule has 1 N–H and O–H groups in total. The van der Waals surface area contributed by atoms with E-state index in [-0.39, 0.29) is 23.1 Å². The lowest BCUT2D eigenvalue weighted by atomic mass is 10.2. The lowest BCUT2D eigenvalue weighted by molar-refractivity contribution is -0.116. The fourth-order valence-electron chi connectivity index (χ4n) is 2.73. The van der Waals surface area contributed by atoms with Gasteiger partial charge in [-0.1, -0.05) is 32.7 Å². The van der Waals surface area contributed by atoms with E-state index in [0.717, 1.165) is 16.1 Å². The van der Waals surface area contributed by atoms with E-state index in [9.17, 15) is 9.18 Å². The van der Waals surface area contributed by atoms with Crippen molar-refractivity contribution in [1.29, 1.82) is 0 Å². The Hall–Kier alpha value is -2.97. The van der Waals surface area contributed by atoms with Crippen molar-refractivity contribution in [2.24, 2.45) is 0 Å². The maximum atomic E-state index is 13.9. The monoisotopic (exact) mass is 474 g/mol. The first-order valence-electron chi connectivity index (χ1n) is 8.49. The van der Waals surface area contributed by atoms with Crippen LogP contribution in [0.25, 0.3) is 23.0 Å². The molecule has 0 fully saturated rings. The van der Waals surface area contributed by atoms with E-state index in [0.29, 0.717) is 11.5 Å². The largest absolute Gasteiger partial charge is 0.334 e. The number of halogens is 3. The fourth-order valence-corrected chi connectivity index (χ4v) is 3.15. The lowest BCUT2D eigenvalue weighted by Gasteiger charge is -2.09. The number of nitrogens with one attached hydrogen (secondary N) is 1. The van der Waals surface area contributed by atoms with Crippen molar-refractivity contribution in [2.75, 3.05) is 5.32 Å². The van der Waals surface area contributed by atoms with Gasteiger partial charge in [-0.3, -0.25) is 4.79 Å². The lowest BCUT2D eigenvalue weighted by Crippen LogP contribution is -2.19. The minimum absolute atomic E-state index is 0.0552. The van der Waals surface area contributed by atoms with Crippen LogP contribution in [-0.2, 0) is 11.3 Å². The Kier molecular flexibility index (Phi) is 5.46. The molecule has 6 nitrogen and oxygen atoms in total. The number of aromatic nitrogens is 3. The smallest absolute Gasteiger partial charge is 0.274 e. The van der Waals surface area contributed by atoms with Crippen LogP contribution in [0.2, 0.25) is 5.02 Å². The van der Waals surface area contributed by atoms with Gasteiger partial charge in [0.15, 0.2) is 0 Å². The van der Waals surface area contributed by atoms with Gasteiger partial charge in [0.25, 0.3) is 5.89 Å². The number of benzene rings is 2. The average molecular weight is 476 g/mol. The number of rotatable bonds is 5. The fraction of sp³-hybridized carbons (Fsp3) is 0.0500. The highest BCUT2D eigenvalue weighted by molar-refractivity contribution is 9.10. The molecule has 1 amide bonds. The zero-order valence-corrected chi connectivity index (χ0v) is 17.1. The number of nitrogens with zero attached hydrogens (tertiary/aromatic N) is 3.